The maximum atomic E-state index is 13.0. The minimum absolute atomic E-state index is 0.372. The minimum atomic E-state index is -3.46. The van der Waals surface area contributed by atoms with Gasteiger partial charge in [0.2, 0.25) is 15.9 Å². The van der Waals surface area contributed by atoms with Crippen LogP contribution < -0.4 is 0 Å². The highest BCUT2D eigenvalue weighted by Gasteiger charge is 2.29. The third-order valence-corrected chi connectivity index (χ3v) is 7.64. The summed E-state index contributed by atoms with van der Waals surface area (Å²) in [5.74, 6) is 1.10. The van der Waals surface area contributed by atoms with E-state index in [9.17, 15) is 8.42 Å². The van der Waals surface area contributed by atoms with Gasteiger partial charge in [-0.15, -0.1) is 0 Å². The van der Waals surface area contributed by atoms with Crippen LogP contribution >= 0.6 is 0 Å². The summed E-state index contributed by atoms with van der Waals surface area (Å²) >= 11 is 0. The summed E-state index contributed by atoms with van der Waals surface area (Å²) in [6.45, 7) is 7.12. The Balaban J connectivity index is 1.39. The first-order chi connectivity index (χ1) is 14.0. The summed E-state index contributed by atoms with van der Waals surface area (Å²) in [6.07, 6.45) is 1.04. The zero-order chi connectivity index (χ0) is 20.4. The van der Waals surface area contributed by atoms with Crippen LogP contribution in [-0.4, -0.2) is 48.8 Å². The van der Waals surface area contributed by atoms with Crippen LogP contribution in [0.3, 0.4) is 0 Å². The Morgan fingerprint density at radius 1 is 1.03 bits per heavy atom. The topological polar surface area (TPSA) is 66.7 Å². The second-order valence-electron chi connectivity index (χ2n) is 7.63. The lowest BCUT2D eigenvalue weighted by Gasteiger charge is -2.33. The van der Waals surface area contributed by atoms with Crippen molar-refractivity contribution in [2.24, 2.45) is 0 Å². The van der Waals surface area contributed by atoms with Gasteiger partial charge in [-0.3, -0.25) is 4.90 Å². The van der Waals surface area contributed by atoms with Gasteiger partial charge in [-0.2, -0.15) is 4.31 Å². The molecule has 4 rings (SSSR count). The van der Waals surface area contributed by atoms with Crippen molar-refractivity contribution in [1.82, 2.24) is 14.2 Å². The molecule has 1 aromatic heterocycles. The fourth-order valence-corrected chi connectivity index (χ4v) is 5.08. The number of fused-ring (bicyclic) bond motifs is 1. The van der Waals surface area contributed by atoms with E-state index >= 15 is 0 Å². The largest absolute Gasteiger partial charge is 0.439 e. The van der Waals surface area contributed by atoms with Gasteiger partial charge in [0.15, 0.2) is 5.58 Å². The van der Waals surface area contributed by atoms with Gasteiger partial charge in [0.25, 0.3) is 0 Å². The summed E-state index contributed by atoms with van der Waals surface area (Å²) in [5, 5.41) is 0. The minimum Gasteiger partial charge on any atom is -0.439 e. The highest BCUT2D eigenvalue weighted by molar-refractivity contribution is 7.89. The number of hydrogen-bond donors (Lipinski definition) is 0. The van der Waals surface area contributed by atoms with Crippen molar-refractivity contribution in [3.8, 4) is 0 Å². The predicted molar refractivity (Wildman–Crippen MR) is 113 cm³/mol. The summed E-state index contributed by atoms with van der Waals surface area (Å²) in [4.78, 5) is 7.07. The zero-order valence-corrected chi connectivity index (χ0v) is 17.7. The van der Waals surface area contributed by atoms with Crippen LogP contribution in [0, 0.1) is 0 Å². The van der Waals surface area contributed by atoms with Crippen LogP contribution in [0.15, 0.2) is 57.8 Å². The first-order valence-corrected chi connectivity index (χ1v) is 11.6. The number of benzene rings is 2. The fraction of sp³-hybridized carbons (Fsp3) is 0.409. The highest BCUT2D eigenvalue weighted by atomic mass is 32.2. The lowest BCUT2D eigenvalue weighted by molar-refractivity contribution is 0.169. The molecule has 7 heteroatoms. The van der Waals surface area contributed by atoms with Crippen molar-refractivity contribution in [1.29, 1.82) is 0 Å². The molecule has 0 radical (unpaired) electrons. The van der Waals surface area contributed by atoms with Gasteiger partial charge in [0.1, 0.15) is 5.52 Å². The Morgan fingerprint density at radius 2 is 1.72 bits per heavy atom. The predicted octanol–water partition coefficient (Wildman–Crippen LogP) is 3.85. The van der Waals surface area contributed by atoms with Gasteiger partial charge in [0.05, 0.1) is 11.4 Å². The maximum Gasteiger partial charge on any atom is 0.243 e. The Hall–Kier alpha value is -2.22. The fourth-order valence-electron chi connectivity index (χ4n) is 3.66. The molecule has 0 N–H and O–H groups in total. The third-order valence-electron chi connectivity index (χ3n) is 5.73. The van der Waals surface area contributed by atoms with E-state index in [1.165, 1.54) is 5.56 Å². The second kappa shape index (κ2) is 8.26. The van der Waals surface area contributed by atoms with Gasteiger partial charge in [-0.25, -0.2) is 13.4 Å². The van der Waals surface area contributed by atoms with Crippen LogP contribution in [-0.2, 0) is 16.6 Å². The number of aromatic nitrogens is 1. The number of rotatable bonds is 6. The van der Waals surface area contributed by atoms with Crippen molar-refractivity contribution in [3.05, 3.63) is 60.0 Å². The molecular weight excluding hydrogens is 386 g/mol. The Morgan fingerprint density at radius 3 is 2.38 bits per heavy atom. The van der Waals surface area contributed by atoms with Gasteiger partial charge in [-0.05, 0) is 42.2 Å². The average Bonchev–Trinajstić information content (AvgIpc) is 3.16. The molecule has 0 bridgehead atoms. The van der Waals surface area contributed by atoms with E-state index in [-0.39, 0.29) is 0 Å². The molecule has 2 heterocycles. The van der Waals surface area contributed by atoms with E-state index in [0.717, 1.165) is 17.5 Å². The molecule has 1 aliphatic heterocycles. The zero-order valence-electron chi connectivity index (χ0n) is 16.9. The van der Waals surface area contributed by atoms with Crippen LogP contribution in [0.25, 0.3) is 11.1 Å². The lowest BCUT2D eigenvalue weighted by atomic mass is 9.99. The summed E-state index contributed by atoms with van der Waals surface area (Å²) in [7, 11) is -3.46. The first kappa shape index (κ1) is 20.1. The molecule has 0 saturated carbocycles. The van der Waals surface area contributed by atoms with E-state index in [1.54, 1.807) is 16.4 Å². The molecule has 1 saturated heterocycles. The molecule has 1 aliphatic rings. The van der Waals surface area contributed by atoms with Crippen LogP contribution in [0.1, 0.15) is 37.6 Å². The summed E-state index contributed by atoms with van der Waals surface area (Å²) in [6, 6.07) is 15.0. The highest BCUT2D eigenvalue weighted by Crippen LogP contribution is 2.23. The SMILES string of the molecule is CC[C@@H](C)c1ccc(S(=O)(=O)N2CCN(Cc3nc4ccccc4o3)CC2)cc1. The summed E-state index contributed by atoms with van der Waals surface area (Å²) in [5.41, 5.74) is 2.81. The molecule has 0 unspecified atom stereocenters. The number of para-hydroxylation sites is 2. The van der Waals surface area contributed by atoms with E-state index in [1.807, 2.05) is 36.4 Å². The quantitative estimate of drug-likeness (QED) is 0.614. The van der Waals surface area contributed by atoms with Crippen molar-refractivity contribution in [2.45, 2.75) is 37.6 Å². The van der Waals surface area contributed by atoms with Crippen molar-refractivity contribution < 1.29 is 12.8 Å². The molecule has 0 amide bonds. The third kappa shape index (κ3) is 4.22. The van der Waals surface area contributed by atoms with Crippen molar-refractivity contribution in [2.75, 3.05) is 26.2 Å². The molecule has 6 nitrogen and oxygen atoms in total. The molecule has 154 valence electrons. The Labute approximate surface area is 172 Å². The average molecular weight is 414 g/mol. The normalized spacial score (nSPS) is 17.6. The number of nitrogens with zero attached hydrogens (tertiary/aromatic N) is 3. The molecular formula is C22H27N3O3S. The molecule has 29 heavy (non-hydrogen) atoms. The van der Waals surface area contributed by atoms with Gasteiger partial charge >= 0.3 is 0 Å². The lowest BCUT2D eigenvalue weighted by Crippen LogP contribution is -2.48. The van der Waals surface area contributed by atoms with E-state index in [0.29, 0.717) is 49.4 Å². The maximum absolute atomic E-state index is 13.0. The van der Waals surface area contributed by atoms with E-state index < -0.39 is 10.0 Å². The van der Waals surface area contributed by atoms with Crippen LogP contribution in [0.5, 0.6) is 0 Å². The van der Waals surface area contributed by atoms with Crippen LogP contribution in [0.2, 0.25) is 0 Å². The van der Waals surface area contributed by atoms with Gasteiger partial charge in [-0.1, -0.05) is 38.1 Å². The van der Waals surface area contributed by atoms with Crippen molar-refractivity contribution >= 4 is 21.1 Å². The number of sulfonamides is 1. The number of hydrogen-bond acceptors (Lipinski definition) is 5. The van der Waals surface area contributed by atoms with E-state index in [4.69, 9.17) is 4.42 Å². The van der Waals surface area contributed by atoms with Crippen molar-refractivity contribution in [3.63, 3.8) is 0 Å². The molecule has 0 aliphatic carbocycles. The molecule has 1 atom stereocenters. The second-order valence-corrected chi connectivity index (χ2v) is 9.57. The van der Waals surface area contributed by atoms with Crippen LogP contribution in [0.4, 0.5) is 0 Å². The van der Waals surface area contributed by atoms with E-state index in [2.05, 4.69) is 23.7 Å². The Bertz CT molecular complexity index is 1040. The van der Waals surface area contributed by atoms with Gasteiger partial charge < -0.3 is 4.42 Å². The number of oxazole rings is 1. The first-order valence-electron chi connectivity index (χ1n) is 10.1. The monoisotopic (exact) mass is 413 g/mol. The standard InChI is InChI=1S/C22H27N3O3S/c1-3-17(2)18-8-10-19(11-9-18)29(26,27)25-14-12-24(13-15-25)16-22-23-20-6-4-5-7-21(20)28-22/h4-11,17H,3,12-16H2,1-2H3/t17-/m1/s1. The molecule has 2 aromatic carbocycles. The molecule has 0 spiro atoms. The summed E-state index contributed by atoms with van der Waals surface area (Å²) < 4.78 is 33.4. The number of piperazine rings is 1. The molecule has 1 fully saturated rings. The molecule has 3 aromatic rings. The smallest absolute Gasteiger partial charge is 0.243 e. The Kier molecular flexibility index (Phi) is 5.72. The van der Waals surface area contributed by atoms with Gasteiger partial charge in [0, 0.05) is 26.2 Å².